The number of carbonyl (C=O) groups is 1. The number of hydrogen-bond donors (Lipinski definition) is 3. The van der Waals surface area contributed by atoms with Crippen molar-refractivity contribution in [3.8, 4) is 0 Å². The molecule has 0 aliphatic heterocycles. The molecular weight excluding hydrogens is 264 g/mol. The van der Waals surface area contributed by atoms with Gasteiger partial charge in [-0.25, -0.2) is 0 Å². The molecule has 0 bridgehead atoms. The first kappa shape index (κ1) is 15.1. The van der Waals surface area contributed by atoms with Gasteiger partial charge in [0.2, 0.25) is 0 Å². The molecule has 0 saturated carbocycles. The summed E-state index contributed by atoms with van der Waals surface area (Å²) in [5, 5.41) is 15.3. The van der Waals surface area contributed by atoms with Crippen LogP contribution < -0.4 is 10.6 Å². The lowest BCUT2D eigenvalue weighted by atomic mass is 10.1. The smallest absolute Gasteiger partial charge is 0.252 e. The number of carbonyl (C=O) groups excluding carboxylic acids is 1. The van der Waals surface area contributed by atoms with Crippen molar-refractivity contribution < 1.29 is 9.90 Å². The Bertz CT molecular complexity index is 624. The molecule has 0 spiro atoms. The number of para-hydroxylation sites is 2. The second kappa shape index (κ2) is 6.90. The van der Waals surface area contributed by atoms with E-state index < -0.39 is 12.0 Å². The molecule has 3 N–H and O–H groups in total. The van der Waals surface area contributed by atoms with Crippen molar-refractivity contribution in [2.45, 2.75) is 26.5 Å². The second-order valence-electron chi connectivity index (χ2n) is 4.99. The fourth-order valence-corrected chi connectivity index (χ4v) is 1.98. The topological polar surface area (TPSA) is 61.4 Å². The molecule has 21 heavy (non-hydrogen) atoms. The number of nitrogens with one attached hydrogen (secondary N) is 2. The first-order chi connectivity index (χ1) is 10.1. The molecule has 0 aliphatic carbocycles. The number of aliphatic hydroxyl groups is 1. The summed E-state index contributed by atoms with van der Waals surface area (Å²) in [7, 11) is 0. The van der Waals surface area contributed by atoms with Crippen LogP contribution in [0.25, 0.3) is 0 Å². The Balaban J connectivity index is 2.10. The third-order valence-corrected chi connectivity index (χ3v) is 3.29. The van der Waals surface area contributed by atoms with Crippen molar-refractivity contribution >= 4 is 17.3 Å². The van der Waals surface area contributed by atoms with Crippen molar-refractivity contribution in [3.63, 3.8) is 0 Å². The van der Waals surface area contributed by atoms with Crippen LogP contribution in [0.1, 0.15) is 18.1 Å². The third kappa shape index (κ3) is 4.07. The molecular formula is C17H20N2O2. The summed E-state index contributed by atoms with van der Waals surface area (Å²) in [4.78, 5) is 11.6. The highest BCUT2D eigenvalue weighted by Crippen LogP contribution is 2.22. The first-order valence-corrected chi connectivity index (χ1v) is 6.94. The maximum atomic E-state index is 11.6. The van der Waals surface area contributed by atoms with E-state index in [9.17, 15) is 9.90 Å². The minimum absolute atomic E-state index is 0.417. The molecule has 4 nitrogen and oxygen atoms in total. The molecule has 0 aliphatic rings. The average Bonchev–Trinajstić information content (AvgIpc) is 2.47. The van der Waals surface area contributed by atoms with E-state index in [1.807, 2.05) is 30.3 Å². The van der Waals surface area contributed by atoms with Crippen LogP contribution in [0.3, 0.4) is 0 Å². The molecule has 4 heteroatoms. The highest BCUT2D eigenvalue weighted by molar-refractivity contribution is 5.96. The van der Waals surface area contributed by atoms with Gasteiger partial charge in [-0.1, -0.05) is 36.4 Å². The molecule has 0 saturated heterocycles. The minimum Gasteiger partial charge on any atom is -0.384 e. The normalized spacial score (nSPS) is 11.8. The van der Waals surface area contributed by atoms with Crippen LogP contribution in [0.2, 0.25) is 0 Å². The maximum absolute atomic E-state index is 11.6. The zero-order valence-corrected chi connectivity index (χ0v) is 12.3. The summed E-state index contributed by atoms with van der Waals surface area (Å²) in [6.45, 7) is 4.19. The third-order valence-electron chi connectivity index (χ3n) is 3.29. The van der Waals surface area contributed by atoms with Gasteiger partial charge in [0.15, 0.2) is 0 Å². The number of benzene rings is 2. The maximum Gasteiger partial charge on any atom is 0.252 e. The van der Waals surface area contributed by atoms with E-state index in [4.69, 9.17) is 0 Å². The van der Waals surface area contributed by atoms with Crippen molar-refractivity contribution in [1.82, 2.24) is 0 Å². The number of aryl methyl sites for hydroxylation is 1. The van der Waals surface area contributed by atoms with Gasteiger partial charge in [-0.05, 0) is 37.1 Å². The van der Waals surface area contributed by atoms with Crippen LogP contribution in [0.15, 0.2) is 48.5 Å². The van der Waals surface area contributed by atoms with Gasteiger partial charge in [0.05, 0.1) is 11.4 Å². The lowest BCUT2D eigenvalue weighted by Crippen LogP contribution is -2.24. The molecule has 2 aromatic rings. The fourth-order valence-electron chi connectivity index (χ4n) is 1.98. The van der Waals surface area contributed by atoms with E-state index in [1.54, 1.807) is 6.07 Å². The number of aliphatic hydroxyl groups excluding tert-OH is 1. The van der Waals surface area contributed by atoms with Crippen LogP contribution in [0.5, 0.6) is 0 Å². The van der Waals surface area contributed by atoms with E-state index >= 15 is 0 Å². The van der Waals surface area contributed by atoms with Gasteiger partial charge in [0.1, 0.15) is 6.10 Å². The Kier molecular flexibility index (Phi) is 4.95. The quantitative estimate of drug-likeness (QED) is 0.791. The molecule has 2 aromatic carbocycles. The summed E-state index contributed by atoms with van der Waals surface area (Å²) in [5.74, 6) is -0.417. The zero-order chi connectivity index (χ0) is 15.2. The summed E-state index contributed by atoms with van der Waals surface area (Å²) < 4.78 is 0. The van der Waals surface area contributed by atoms with Gasteiger partial charge in [0, 0.05) is 6.54 Å². The van der Waals surface area contributed by atoms with E-state index in [2.05, 4.69) is 29.7 Å². The second-order valence-corrected chi connectivity index (χ2v) is 4.99. The fraction of sp³-hybridized carbons (Fsp3) is 0.235. The van der Waals surface area contributed by atoms with Crippen LogP contribution in [0, 0.1) is 6.92 Å². The zero-order valence-electron chi connectivity index (χ0n) is 12.3. The number of amides is 1. The standard InChI is InChI=1S/C17H20N2O2/c1-12-7-3-4-8-14(12)11-18-15-9-5-6-10-16(15)19-17(21)13(2)20/h3-10,13,18,20H,11H2,1-2H3,(H,19,21)/t13-/m0/s1. The Labute approximate surface area is 124 Å². The Hall–Kier alpha value is -2.33. The van der Waals surface area contributed by atoms with Crippen molar-refractivity contribution in [3.05, 3.63) is 59.7 Å². The van der Waals surface area contributed by atoms with Crippen LogP contribution in [-0.4, -0.2) is 17.1 Å². The highest BCUT2D eigenvalue weighted by atomic mass is 16.3. The lowest BCUT2D eigenvalue weighted by molar-refractivity contribution is -0.123. The number of hydrogen-bond acceptors (Lipinski definition) is 3. The molecule has 1 atom stereocenters. The molecule has 2 rings (SSSR count). The van der Waals surface area contributed by atoms with Gasteiger partial charge in [-0.3, -0.25) is 4.79 Å². The van der Waals surface area contributed by atoms with Gasteiger partial charge in [0.25, 0.3) is 5.91 Å². The SMILES string of the molecule is Cc1ccccc1CNc1ccccc1NC(=O)[C@H](C)O. The van der Waals surface area contributed by atoms with E-state index in [-0.39, 0.29) is 0 Å². The predicted octanol–water partition coefficient (Wildman–Crippen LogP) is 2.93. The highest BCUT2D eigenvalue weighted by Gasteiger charge is 2.11. The Morgan fingerprint density at radius 2 is 1.71 bits per heavy atom. The molecule has 0 unspecified atom stereocenters. The van der Waals surface area contributed by atoms with E-state index in [1.165, 1.54) is 18.1 Å². The Morgan fingerprint density at radius 1 is 1.10 bits per heavy atom. The van der Waals surface area contributed by atoms with Crippen molar-refractivity contribution in [1.29, 1.82) is 0 Å². The van der Waals surface area contributed by atoms with E-state index in [0.717, 1.165) is 5.69 Å². The summed E-state index contributed by atoms with van der Waals surface area (Å²) in [6, 6.07) is 15.6. The molecule has 0 fully saturated rings. The van der Waals surface area contributed by atoms with Crippen LogP contribution in [0.4, 0.5) is 11.4 Å². The summed E-state index contributed by atoms with van der Waals surface area (Å²) >= 11 is 0. The van der Waals surface area contributed by atoms with Gasteiger partial charge >= 0.3 is 0 Å². The molecule has 0 aromatic heterocycles. The lowest BCUT2D eigenvalue weighted by Gasteiger charge is -2.14. The monoisotopic (exact) mass is 284 g/mol. The molecule has 0 heterocycles. The van der Waals surface area contributed by atoms with Crippen LogP contribution >= 0.6 is 0 Å². The largest absolute Gasteiger partial charge is 0.384 e. The van der Waals surface area contributed by atoms with Gasteiger partial charge in [-0.15, -0.1) is 0 Å². The summed E-state index contributed by atoms with van der Waals surface area (Å²) in [6.07, 6.45) is -1.03. The molecule has 1 amide bonds. The first-order valence-electron chi connectivity index (χ1n) is 6.94. The predicted molar refractivity (Wildman–Crippen MR) is 85.3 cm³/mol. The van der Waals surface area contributed by atoms with Crippen molar-refractivity contribution in [2.24, 2.45) is 0 Å². The summed E-state index contributed by atoms with van der Waals surface area (Å²) in [5.41, 5.74) is 3.91. The minimum atomic E-state index is -1.03. The van der Waals surface area contributed by atoms with Crippen molar-refractivity contribution in [2.75, 3.05) is 10.6 Å². The van der Waals surface area contributed by atoms with E-state index in [0.29, 0.717) is 12.2 Å². The number of anilines is 2. The van der Waals surface area contributed by atoms with Crippen LogP contribution in [-0.2, 0) is 11.3 Å². The van der Waals surface area contributed by atoms with Gasteiger partial charge in [-0.2, -0.15) is 0 Å². The Morgan fingerprint density at radius 3 is 2.38 bits per heavy atom. The average molecular weight is 284 g/mol. The van der Waals surface area contributed by atoms with Gasteiger partial charge < -0.3 is 15.7 Å². The molecule has 0 radical (unpaired) electrons. The number of rotatable bonds is 5. The molecule has 110 valence electrons.